The van der Waals surface area contributed by atoms with Crippen LogP contribution >= 0.6 is 0 Å². The Bertz CT molecular complexity index is 234. The maximum Gasteiger partial charge on any atom is 0.338 e. The van der Waals surface area contributed by atoms with Gasteiger partial charge in [0.05, 0.1) is 12.7 Å². The molecule has 0 saturated carbocycles. The van der Waals surface area contributed by atoms with E-state index >= 15 is 0 Å². The number of esters is 1. The topological polar surface area (TPSA) is 26.3 Å². The molecule has 0 fully saturated rings. The van der Waals surface area contributed by atoms with E-state index in [1.54, 1.807) is 18.2 Å². The average molecular weight is 136 g/mol. The quantitative estimate of drug-likeness (QED) is 0.506. The highest BCUT2D eigenvalue weighted by atomic mass is 16.5. The molecule has 0 N–H and O–H groups in total. The lowest BCUT2D eigenvalue weighted by Crippen LogP contribution is -2.03. The lowest BCUT2D eigenvalue weighted by molar-refractivity contribution is -0.135. The van der Waals surface area contributed by atoms with E-state index in [9.17, 15) is 4.79 Å². The molecule has 52 valence electrons. The first-order valence-corrected chi connectivity index (χ1v) is 2.91. The smallest absolute Gasteiger partial charge is 0.338 e. The normalized spacial score (nSPS) is 15.3. The fourth-order valence-electron chi connectivity index (χ4n) is 0.766. The minimum absolute atomic E-state index is 0.324. The van der Waals surface area contributed by atoms with Gasteiger partial charge in [0.2, 0.25) is 0 Å². The zero-order valence-electron chi connectivity index (χ0n) is 5.76. The lowest BCUT2D eigenvalue weighted by atomic mass is 10.2. The van der Waals surface area contributed by atoms with Gasteiger partial charge in [-0.05, 0) is 11.6 Å². The number of hydrogen-bond acceptors (Lipinski definition) is 2. The molecule has 0 aliphatic heterocycles. The number of allylic oxidation sites excluding steroid dienone is 3. The summed E-state index contributed by atoms with van der Waals surface area (Å²) in [6.45, 7) is 3.65. The van der Waals surface area contributed by atoms with Crippen molar-refractivity contribution in [1.29, 1.82) is 0 Å². The van der Waals surface area contributed by atoms with Gasteiger partial charge in [0.15, 0.2) is 0 Å². The molecule has 1 rings (SSSR count). The van der Waals surface area contributed by atoms with Crippen LogP contribution in [-0.4, -0.2) is 13.1 Å². The van der Waals surface area contributed by atoms with Crippen molar-refractivity contribution in [2.24, 2.45) is 0 Å². The van der Waals surface area contributed by atoms with Gasteiger partial charge in [-0.15, -0.1) is 0 Å². The predicted molar refractivity (Wildman–Crippen MR) is 38.4 cm³/mol. The van der Waals surface area contributed by atoms with E-state index in [2.05, 4.69) is 11.3 Å². The highest BCUT2D eigenvalue weighted by Crippen LogP contribution is 2.16. The van der Waals surface area contributed by atoms with E-state index < -0.39 is 0 Å². The maximum absolute atomic E-state index is 10.8. The predicted octanol–water partition coefficient (Wildman–Crippen LogP) is 1.21. The third-order valence-corrected chi connectivity index (χ3v) is 1.31. The molecule has 2 nitrogen and oxygen atoms in total. The van der Waals surface area contributed by atoms with Crippen LogP contribution in [-0.2, 0) is 9.53 Å². The van der Waals surface area contributed by atoms with Crippen LogP contribution in [0.4, 0.5) is 0 Å². The van der Waals surface area contributed by atoms with E-state index in [1.807, 2.05) is 0 Å². The number of carbonyl (C=O) groups is 1. The summed E-state index contributed by atoms with van der Waals surface area (Å²) in [5.41, 5.74) is 1.26. The number of ether oxygens (including phenoxy) is 1. The third kappa shape index (κ3) is 1.00. The van der Waals surface area contributed by atoms with Gasteiger partial charge in [-0.1, -0.05) is 18.7 Å². The fraction of sp³-hybridized carbons (Fsp3) is 0.125. The molecule has 0 saturated heterocycles. The second kappa shape index (κ2) is 2.52. The van der Waals surface area contributed by atoms with E-state index in [0.29, 0.717) is 11.1 Å². The SMILES string of the molecule is C=C1C=CC=C1C(=O)OC. The van der Waals surface area contributed by atoms with Gasteiger partial charge in [-0.2, -0.15) is 0 Å². The Kier molecular flexibility index (Phi) is 1.71. The molecule has 0 unspecified atom stereocenters. The molecule has 0 aromatic heterocycles. The van der Waals surface area contributed by atoms with E-state index in [4.69, 9.17) is 0 Å². The van der Waals surface area contributed by atoms with Crippen molar-refractivity contribution in [3.05, 3.63) is 36.0 Å². The van der Waals surface area contributed by atoms with Gasteiger partial charge in [0, 0.05) is 0 Å². The Balaban J connectivity index is 2.77. The van der Waals surface area contributed by atoms with Gasteiger partial charge in [0.1, 0.15) is 0 Å². The van der Waals surface area contributed by atoms with Crippen molar-refractivity contribution < 1.29 is 9.53 Å². The van der Waals surface area contributed by atoms with Crippen LogP contribution in [0.15, 0.2) is 36.0 Å². The Hall–Kier alpha value is -1.31. The summed E-state index contributed by atoms with van der Waals surface area (Å²) < 4.78 is 4.50. The van der Waals surface area contributed by atoms with Crippen molar-refractivity contribution in [3.63, 3.8) is 0 Å². The molecule has 0 heterocycles. The Morgan fingerprint density at radius 1 is 1.70 bits per heavy atom. The summed E-state index contributed by atoms with van der Waals surface area (Å²) in [5.74, 6) is -0.324. The Morgan fingerprint density at radius 2 is 2.40 bits per heavy atom. The Labute approximate surface area is 59.5 Å². The van der Waals surface area contributed by atoms with Crippen LogP contribution in [0, 0.1) is 0 Å². The highest BCUT2D eigenvalue weighted by molar-refractivity contribution is 5.95. The van der Waals surface area contributed by atoms with E-state index in [0.717, 1.165) is 0 Å². The number of rotatable bonds is 1. The molecule has 0 radical (unpaired) electrons. The molecule has 0 amide bonds. The molecule has 0 aromatic carbocycles. The fourth-order valence-corrected chi connectivity index (χ4v) is 0.766. The molecule has 1 aliphatic rings. The molecule has 10 heavy (non-hydrogen) atoms. The molecule has 0 spiro atoms. The van der Waals surface area contributed by atoms with Gasteiger partial charge in [0.25, 0.3) is 0 Å². The van der Waals surface area contributed by atoms with Crippen molar-refractivity contribution in [3.8, 4) is 0 Å². The van der Waals surface area contributed by atoms with E-state index in [1.165, 1.54) is 7.11 Å². The van der Waals surface area contributed by atoms with Gasteiger partial charge in [-0.25, -0.2) is 4.79 Å². The van der Waals surface area contributed by atoms with Crippen LogP contribution in [0.1, 0.15) is 0 Å². The third-order valence-electron chi connectivity index (χ3n) is 1.31. The largest absolute Gasteiger partial charge is 0.465 e. The minimum Gasteiger partial charge on any atom is -0.465 e. The van der Waals surface area contributed by atoms with Gasteiger partial charge < -0.3 is 4.74 Å². The standard InChI is InChI=1S/C8H8O2/c1-6-4-3-5-7(6)8(9)10-2/h3-5H,1H2,2H3. The molecule has 1 aliphatic carbocycles. The molecular weight excluding hydrogens is 128 g/mol. The van der Waals surface area contributed by atoms with Gasteiger partial charge in [-0.3, -0.25) is 0 Å². The van der Waals surface area contributed by atoms with Crippen molar-refractivity contribution in [2.75, 3.05) is 7.11 Å². The first-order valence-electron chi connectivity index (χ1n) is 2.91. The number of hydrogen-bond donors (Lipinski definition) is 0. The molecular formula is C8H8O2. The molecule has 2 heteroatoms. The van der Waals surface area contributed by atoms with Crippen LogP contribution in [0.3, 0.4) is 0 Å². The van der Waals surface area contributed by atoms with Crippen LogP contribution in [0.25, 0.3) is 0 Å². The zero-order valence-corrected chi connectivity index (χ0v) is 5.76. The monoisotopic (exact) mass is 136 g/mol. The minimum atomic E-state index is -0.324. The molecule has 0 bridgehead atoms. The van der Waals surface area contributed by atoms with Crippen molar-refractivity contribution in [1.82, 2.24) is 0 Å². The van der Waals surface area contributed by atoms with Gasteiger partial charge >= 0.3 is 5.97 Å². The van der Waals surface area contributed by atoms with E-state index in [-0.39, 0.29) is 5.97 Å². The highest BCUT2D eigenvalue weighted by Gasteiger charge is 2.12. The molecule has 0 aromatic rings. The number of carbonyl (C=O) groups excluding carboxylic acids is 1. The second-order valence-corrected chi connectivity index (χ2v) is 1.96. The van der Waals surface area contributed by atoms with Crippen LogP contribution in [0.2, 0.25) is 0 Å². The van der Waals surface area contributed by atoms with Crippen LogP contribution < -0.4 is 0 Å². The first-order chi connectivity index (χ1) is 4.75. The Morgan fingerprint density at radius 3 is 2.80 bits per heavy atom. The summed E-state index contributed by atoms with van der Waals surface area (Å²) in [4.78, 5) is 10.8. The van der Waals surface area contributed by atoms with Crippen molar-refractivity contribution in [2.45, 2.75) is 0 Å². The lowest BCUT2D eigenvalue weighted by Gasteiger charge is -1.98. The summed E-state index contributed by atoms with van der Waals surface area (Å²) in [5, 5.41) is 0. The van der Waals surface area contributed by atoms with Crippen LogP contribution in [0.5, 0.6) is 0 Å². The number of methoxy groups -OCH3 is 1. The summed E-state index contributed by atoms with van der Waals surface area (Å²) in [7, 11) is 1.36. The zero-order chi connectivity index (χ0) is 7.56. The maximum atomic E-state index is 10.8. The summed E-state index contributed by atoms with van der Waals surface area (Å²) in [6, 6.07) is 0. The molecule has 0 atom stereocenters. The first kappa shape index (κ1) is 6.81. The average Bonchev–Trinajstić information content (AvgIpc) is 2.34. The van der Waals surface area contributed by atoms with Crippen molar-refractivity contribution >= 4 is 5.97 Å². The summed E-state index contributed by atoms with van der Waals surface area (Å²) >= 11 is 0. The second-order valence-electron chi connectivity index (χ2n) is 1.96. The summed E-state index contributed by atoms with van der Waals surface area (Å²) in [6.07, 6.45) is 5.23.